The Hall–Kier alpha value is -1.89. The van der Waals surface area contributed by atoms with Gasteiger partial charge in [-0.05, 0) is 42.7 Å². The van der Waals surface area contributed by atoms with Crippen LogP contribution < -0.4 is 0 Å². The lowest BCUT2D eigenvalue weighted by molar-refractivity contribution is -0.112. The maximum atomic E-state index is 10.8. The number of ketones is 1. The van der Waals surface area contributed by atoms with E-state index in [4.69, 9.17) is 0 Å². The molecule has 0 aromatic heterocycles. The van der Waals surface area contributed by atoms with Gasteiger partial charge in [-0.3, -0.25) is 4.79 Å². The molecule has 0 radical (unpaired) electrons. The van der Waals surface area contributed by atoms with Gasteiger partial charge in [0.15, 0.2) is 5.78 Å². The van der Waals surface area contributed by atoms with E-state index < -0.39 is 0 Å². The number of hydrogen-bond donors (Lipinski definition) is 0. The fourth-order valence-corrected chi connectivity index (χ4v) is 1.42. The smallest absolute Gasteiger partial charge is 0.152 e. The molecule has 1 rings (SSSR count). The third kappa shape index (κ3) is 3.35. The zero-order valence-electron chi connectivity index (χ0n) is 9.73. The van der Waals surface area contributed by atoms with Crippen LogP contribution in [0.15, 0.2) is 36.9 Å². The maximum absolute atomic E-state index is 10.8. The molecule has 0 saturated heterocycles. The molecule has 82 valence electrons. The van der Waals surface area contributed by atoms with E-state index in [0.717, 1.165) is 16.7 Å². The van der Waals surface area contributed by atoms with Crippen molar-refractivity contribution in [3.05, 3.63) is 53.6 Å². The van der Waals surface area contributed by atoms with Crippen LogP contribution in [0.3, 0.4) is 0 Å². The normalized spacial score (nSPS) is 11.1. The zero-order chi connectivity index (χ0) is 12.0. The summed E-state index contributed by atoms with van der Waals surface area (Å²) in [6.07, 6.45) is 9.24. The van der Waals surface area contributed by atoms with Crippen molar-refractivity contribution in [2.24, 2.45) is 0 Å². The molecular weight excluding hydrogens is 196 g/mol. The average Bonchev–Trinajstić information content (AvgIpc) is 2.27. The van der Waals surface area contributed by atoms with Gasteiger partial charge < -0.3 is 0 Å². The molecule has 0 heterocycles. The van der Waals surface area contributed by atoms with E-state index in [1.807, 2.05) is 49.4 Å². The minimum atomic E-state index is 0.0559. The van der Waals surface area contributed by atoms with Crippen LogP contribution in [0, 0.1) is 0 Å². The SMILES string of the molecule is C=Cc1ccc(/C=C/C(C)=O)cc1/C=C\C. The van der Waals surface area contributed by atoms with Gasteiger partial charge in [-0.1, -0.05) is 43.0 Å². The van der Waals surface area contributed by atoms with Crippen molar-refractivity contribution >= 4 is 24.0 Å². The Labute approximate surface area is 96.8 Å². The molecule has 0 atom stereocenters. The predicted molar refractivity (Wildman–Crippen MR) is 71.0 cm³/mol. The zero-order valence-corrected chi connectivity index (χ0v) is 9.73. The van der Waals surface area contributed by atoms with E-state index in [9.17, 15) is 4.79 Å². The molecule has 0 fully saturated rings. The summed E-state index contributed by atoms with van der Waals surface area (Å²) in [5, 5.41) is 0. The number of carbonyl (C=O) groups excluding carboxylic acids is 1. The summed E-state index contributed by atoms with van der Waals surface area (Å²) in [4.78, 5) is 10.8. The molecule has 0 amide bonds. The number of hydrogen-bond acceptors (Lipinski definition) is 1. The largest absolute Gasteiger partial charge is 0.295 e. The molecule has 1 aromatic carbocycles. The van der Waals surface area contributed by atoms with E-state index >= 15 is 0 Å². The van der Waals surface area contributed by atoms with Gasteiger partial charge in [0, 0.05) is 0 Å². The summed E-state index contributed by atoms with van der Waals surface area (Å²) in [6.45, 7) is 7.29. The summed E-state index contributed by atoms with van der Waals surface area (Å²) in [6, 6.07) is 6.02. The van der Waals surface area contributed by atoms with Crippen molar-refractivity contribution in [1.29, 1.82) is 0 Å². The Balaban J connectivity index is 3.11. The van der Waals surface area contributed by atoms with Crippen molar-refractivity contribution < 1.29 is 4.79 Å². The second-order valence-corrected chi connectivity index (χ2v) is 3.54. The highest BCUT2D eigenvalue weighted by Crippen LogP contribution is 2.16. The van der Waals surface area contributed by atoms with Crippen molar-refractivity contribution in [2.75, 3.05) is 0 Å². The summed E-state index contributed by atoms with van der Waals surface area (Å²) in [5.41, 5.74) is 3.23. The van der Waals surface area contributed by atoms with Gasteiger partial charge in [-0.15, -0.1) is 0 Å². The molecule has 0 aliphatic heterocycles. The molecule has 1 nitrogen and oxygen atoms in total. The highest BCUT2D eigenvalue weighted by atomic mass is 16.1. The van der Waals surface area contributed by atoms with Gasteiger partial charge in [-0.25, -0.2) is 0 Å². The molecule has 0 unspecified atom stereocenters. The number of carbonyl (C=O) groups is 1. The first-order chi connectivity index (χ1) is 7.67. The molecule has 0 aliphatic carbocycles. The van der Waals surface area contributed by atoms with Crippen LogP contribution in [0.1, 0.15) is 30.5 Å². The first-order valence-electron chi connectivity index (χ1n) is 5.25. The summed E-state index contributed by atoms with van der Waals surface area (Å²) in [5.74, 6) is 0.0559. The molecule has 0 spiro atoms. The van der Waals surface area contributed by atoms with Crippen LogP contribution >= 0.6 is 0 Å². The lowest BCUT2D eigenvalue weighted by atomic mass is 10.0. The molecule has 1 aromatic rings. The summed E-state index contributed by atoms with van der Waals surface area (Å²) in [7, 11) is 0. The second-order valence-electron chi connectivity index (χ2n) is 3.54. The van der Waals surface area contributed by atoms with Crippen LogP contribution in [0.25, 0.3) is 18.2 Å². The Kier molecular flexibility index (Phi) is 4.46. The van der Waals surface area contributed by atoms with Crippen molar-refractivity contribution in [1.82, 2.24) is 0 Å². The first kappa shape index (κ1) is 12.2. The standard InChI is InChI=1S/C15H16O/c1-4-6-15-11-13(8-7-12(3)16)9-10-14(15)5-2/h4-11H,2H2,1,3H3/b6-4-,8-7+. The van der Waals surface area contributed by atoms with Crippen LogP contribution in [0.2, 0.25) is 0 Å². The molecule has 0 N–H and O–H groups in total. The highest BCUT2D eigenvalue weighted by molar-refractivity contribution is 5.91. The van der Waals surface area contributed by atoms with Gasteiger partial charge >= 0.3 is 0 Å². The fraction of sp³-hybridized carbons (Fsp3) is 0.133. The average molecular weight is 212 g/mol. The van der Waals surface area contributed by atoms with Crippen molar-refractivity contribution in [3.8, 4) is 0 Å². The molecule has 16 heavy (non-hydrogen) atoms. The topological polar surface area (TPSA) is 17.1 Å². The Morgan fingerprint density at radius 3 is 2.56 bits per heavy atom. The minimum Gasteiger partial charge on any atom is -0.295 e. The molecular formula is C15H16O. The van der Waals surface area contributed by atoms with Crippen molar-refractivity contribution in [3.63, 3.8) is 0 Å². The maximum Gasteiger partial charge on any atom is 0.152 e. The quantitative estimate of drug-likeness (QED) is 0.690. The third-order valence-electron chi connectivity index (χ3n) is 2.19. The van der Waals surface area contributed by atoms with Crippen LogP contribution in [-0.4, -0.2) is 5.78 Å². The third-order valence-corrected chi connectivity index (χ3v) is 2.19. The fourth-order valence-electron chi connectivity index (χ4n) is 1.42. The van der Waals surface area contributed by atoms with Gasteiger partial charge in [-0.2, -0.15) is 0 Å². The Morgan fingerprint density at radius 1 is 1.25 bits per heavy atom. The second kappa shape index (κ2) is 5.86. The van der Waals surface area contributed by atoms with Crippen LogP contribution in [0.4, 0.5) is 0 Å². The van der Waals surface area contributed by atoms with E-state index in [1.54, 1.807) is 13.0 Å². The van der Waals surface area contributed by atoms with E-state index in [0.29, 0.717) is 0 Å². The molecule has 0 bridgehead atoms. The Morgan fingerprint density at radius 2 is 2.00 bits per heavy atom. The molecule has 1 heteroatoms. The van der Waals surface area contributed by atoms with Gasteiger partial charge in [0.05, 0.1) is 0 Å². The first-order valence-corrected chi connectivity index (χ1v) is 5.25. The number of allylic oxidation sites excluding steroid dienone is 2. The van der Waals surface area contributed by atoms with Gasteiger partial charge in [0.2, 0.25) is 0 Å². The van der Waals surface area contributed by atoms with Crippen LogP contribution in [-0.2, 0) is 4.79 Å². The lowest BCUT2D eigenvalue weighted by Gasteiger charge is -2.02. The highest BCUT2D eigenvalue weighted by Gasteiger charge is 1.96. The van der Waals surface area contributed by atoms with Crippen molar-refractivity contribution in [2.45, 2.75) is 13.8 Å². The Bertz CT molecular complexity index is 451. The number of rotatable bonds is 4. The molecule has 0 aliphatic rings. The van der Waals surface area contributed by atoms with Crippen LogP contribution in [0.5, 0.6) is 0 Å². The number of benzene rings is 1. The van der Waals surface area contributed by atoms with Gasteiger partial charge in [0.1, 0.15) is 0 Å². The molecule has 0 saturated carbocycles. The van der Waals surface area contributed by atoms with E-state index in [-0.39, 0.29) is 5.78 Å². The van der Waals surface area contributed by atoms with Gasteiger partial charge in [0.25, 0.3) is 0 Å². The summed E-state index contributed by atoms with van der Waals surface area (Å²) < 4.78 is 0. The van der Waals surface area contributed by atoms with E-state index in [2.05, 4.69) is 6.58 Å². The van der Waals surface area contributed by atoms with E-state index in [1.165, 1.54) is 0 Å². The summed E-state index contributed by atoms with van der Waals surface area (Å²) >= 11 is 0. The predicted octanol–water partition coefficient (Wildman–Crippen LogP) is 3.96. The lowest BCUT2D eigenvalue weighted by Crippen LogP contribution is -1.84. The minimum absolute atomic E-state index is 0.0559. The monoisotopic (exact) mass is 212 g/mol.